The molecule has 4 heteroatoms. The summed E-state index contributed by atoms with van der Waals surface area (Å²) in [5, 5.41) is 7.64. The van der Waals surface area contributed by atoms with Crippen LogP contribution in [0.2, 0.25) is 0 Å². The van der Waals surface area contributed by atoms with Crippen molar-refractivity contribution in [2.24, 2.45) is 5.73 Å². The molecule has 0 amide bonds. The molecule has 0 aliphatic heterocycles. The zero-order valence-electron chi connectivity index (χ0n) is 7.59. The van der Waals surface area contributed by atoms with Gasteiger partial charge in [-0.3, -0.25) is 0 Å². The summed E-state index contributed by atoms with van der Waals surface area (Å²) >= 11 is 0. The average Bonchev–Trinajstić information content (AvgIpc) is 2.30. The van der Waals surface area contributed by atoms with Crippen molar-refractivity contribution >= 4 is 0 Å². The highest BCUT2D eigenvalue weighted by Gasteiger charge is 2.00. The van der Waals surface area contributed by atoms with Crippen molar-refractivity contribution in [2.45, 2.75) is 6.54 Å². The standard InChI is InChI=1S/C10H10N4/c11-6-10-13-9(7-12-14-10)8-4-2-1-3-5-8/h1-5,7H,6,11H2. The van der Waals surface area contributed by atoms with Crippen LogP contribution >= 0.6 is 0 Å². The number of nitrogens with two attached hydrogens (primary N) is 1. The van der Waals surface area contributed by atoms with Gasteiger partial charge in [-0.25, -0.2) is 4.98 Å². The van der Waals surface area contributed by atoms with Crippen molar-refractivity contribution in [2.75, 3.05) is 0 Å². The molecule has 0 atom stereocenters. The van der Waals surface area contributed by atoms with Crippen LogP contribution in [0.15, 0.2) is 36.5 Å². The normalized spacial score (nSPS) is 10.1. The summed E-state index contributed by atoms with van der Waals surface area (Å²) in [6.07, 6.45) is 1.63. The molecule has 0 saturated heterocycles. The highest BCUT2D eigenvalue weighted by molar-refractivity contribution is 5.57. The third-order valence-electron chi connectivity index (χ3n) is 1.85. The second-order valence-corrected chi connectivity index (χ2v) is 2.83. The van der Waals surface area contributed by atoms with Gasteiger partial charge in [-0.1, -0.05) is 30.3 Å². The molecular formula is C10H10N4. The second-order valence-electron chi connectivity index (χ2n) is 2.83. The molecule has 0 saturated carbocycles. The Morgan fingerprint density at radius 3 is 2.64 bits per heavy atom. The summed E-state index contributed by atoms with van der Waals surface area (Å²) in [7, 11) is 0. The van der Waals surface area contributed by atoms with Gasteiger partial charge in [0, 0.05) is 5.56 Å². The van der Waals surface area contributed by atoms with E-state index in [1.165, 1.54) is 0 Å². The Hall–Kier alpha value is -1.81. The molecule has 2 N–H and O–H groups in total. The van der Waals surface area contributed by atoms with Crippen molar-refractivity contribution in [3.8, 4) is 11.3 Å². The van der Waals surface area contributed by atoms with Crippen molar-refractivity contribution < 1.29 is 0 Å². The van der Waals surface area contributed by atoms with E-state index in [4.69, 9.17) is 5.73 Å². The first kappa shape index (κ1) is 8.77. The van der Waals surface area contributed by atoms with Crippen LogP contribution in [0.1, 0.15) is 5.82 Å². The Morgan fingerprint density at radius 1 is 1.14 bits per heavy atom. The fraction of sp³-hybridized carbons (Fsp3) is 0.100. The lowest BCUT2D eigenvalue weighted by Gasteiger charge is -2.00. The predicted molar refractivity (Wildman–Crippen MR) is 53.2 cm³/mol. The third kappa shape index (κ3) is 1.75. The lowest BCUT2D eigenvalue weighted by molar-refractivity contribution is 0.834. The maximum absolute atomic E-state index is 5.43. The maximum atomic E-state index is 5.43. The molecule has 2 rings (SSSR count). The number of aromatic nitrogens is 3. The molecule has 70 valence electrons. The van der Waals surface area contributed by atoms with Crippen molar-refractivity contribution in [1.29, 1.82) is 0 Å². The Bertz CT molecular complexity index is 413. The van der Waals surface area contributed by atoms with E-state index in [9.17, 15) is 0 Å². The Kier molecular flexibility index (Phi) is 2.46. The van der Waals surface area contributed by atoms with E-state index >= 15 is 0 Å². The highest BCUT2D eigenvalue weighted by atomic mass is 15.1. The van der Waals surface area contributed by atoms with E-state index in [0.717, 1.165) is 11.3 Å². The molecule has 0 bridgehead atoms. The van der Waals surface area contributed by atoms with E-state index in [1.54, 1.807) is 6.20 Å². The monoisotopic (exact) mass is 186 g/mol. The zero-order valence-corrected chi connectivity index (χ0v) is 7.59. The number of rotatable bonds is 2. The first-order valence-corrected chi connectivity index (χ1v) is 4.34. The minimum atomic E-state index is 0.313. The smallest absolute Gasteiger partial charge is 0.165 e. The van der Waals surface area contributed by atoms with Crippen molar-refractivity contribution in [3.05, 3.63) is 42.4 Å². The number of hydrogen-bond donors (Lipinski definition) is 1. The average molecular weight is 186 g/mol. The van der Waals surface area contributed by atoms with E-state index in [2.05, 4.69) is 15.2 Å². The Labute approximate surface area is 81.8 Å². The van der Waals surface area contributed by atoms with E-state index in [0.29, 0.717) is 12.4 Å². The lowest BCUT2D eigenvalue weighted by Crippen LogP contribution is -2.04. The molecule has 0 unspecified atom stereocenters. The molecule has 14 heavy (non-hydrogen) atoms. The molecule has 0 spiro atoms. The van der Waals surface area contributed by atoms with E-state index < -0.39 is 0 Å². The molecule has 0 aliphatic carbocycles. The fourth-order valence-electron chi connectivity index (χ4n) is 1.17. The van der Waals surface area contributed by atoms with Crippen LogP contribution in [0, 0.1) is 0 Å². The van der Waals surface area contributed by atoms with Gasteiger partial charge in [-0.2, -0.15) is 5.10 Å². The van der Waals surface area contributed by atoms with Gasteiger partial charge in [0.05, 0.1) is 18.4 Å². The second kappa shape index (κ2) is 3.93. The summed E-state index contributed by atoms with van der Waals surface area (Å²) in [4.78, 5) is 4.26. The van der Waals surface area contributed by atoms with Gasteiger partial charge >= 0.3 is 0 Å². The van der Waals surface area contributed by atoms with E-state index in [1.807, 2.05) is 30.3 Å². The molecule has 0 fully saturated rings. The summed E-state index contributed by atoms with van der Waals surface area (Å²) in [6.45, 7) is 0.313. The van der Waals surface area contributed by atoms with Crippen LogP contribution in [0.25, 0.3) is 11.3 Å². The Morgan fingerprint density at radius 2 is 1.93 bits per heavy atom. The number of hydrogen-bond acceptors (Lipinski definition) is 4. The number of benzene rings is 1. The minimum Gasteiger partial charge on any atom is -0.324 e. The molecule has 1 aromatic carbocycles. The summed E-state index contributed by atoms with van der Waals surface area (Å²) in [6, 6.07) is 9.83. The first-order chi connectivity index (χ1) is 6.90. The molecule has 4 nitrogen and oxygen atoms in total. The topological polar surface area (TPSA) is 64.7 Å². The molecule has 2 aromatic rings. The van der Waals surface area contributed by atoms with Gasteiger partial charge in [0.15, 0.2) is 5.82 Å². The molecule has 0 aliphatic rings. The van der Waals surface area contributed by atoms with Gasteiger partial charge in [0.2, 0.25) is 0 Å². The van der Waals surface area contributed by atoms with Crippen LogP contribution < -0.4 is 5.73 Å². The molecular weight excluding hydrogens is 176 g/mol. The SMILES string of the molecule is NCc1nncc(-c2ccccc2)n1. The quantitative estimate of drug-likeness (QED) is 0.759. The zero-order chi connectivity index (χ0) is 9.80. The lowest BCUT2D eigenvalue weighted by atomic mass is 10.2. The minimum absolute atomic E-state index is 0.313. The van der Waals surface area contributed by atoms with E-state index in [-0.39, 0.29) is 0 Å². The first-order valence-electron chi connectivity index (χ1n) is 4.34. The highest BCUT2D eigenvalue weighted by Crippen LogP contribution is 2.13. The summed E-state index contributed by atoms with van der Waals surface area (Å²) < 4.78 is 0. The molecule has 1 heterocycles. The van der Waals surface area contributed by atoms with Crippen molar-refractivity contribution in [1.82, 2.24) is 15.2 Å². The summed E-state index contributed by atoms with van der Waals surface area (Å²) in [5.74, 6) is 0.561. The largest absolute Gasteiger partial charge is 0.324 e. The Balaban J connectivity index is 2.42. The van der Waals surface area contributed by atoms with Crippen LogP contribution in [0.5, 0.6) is 0 Å². The van der Waals surface area contributed by atoms with Gasteiger partial charge in [-0.05, 0) is 0 Å². The maximum Gasteiger partial charge on any atom is 0.165 e. The van der Waals surface area contributed by atoms with Gasteiger partial charge in [-0.15, -0.1) is 5.10 Å². The van der Waals surface area contributed by atoms with Gasteiger partial charge < -0.3 is 5.73 Å². The van der Waals surface area contributed by atoms with Crippen LogP contribution in [-0.2, 0) is 6.54 Å². The molecule has 0 radical (unpaired) electrons. The fourth-order valence-corrected chi connectivity index (χ4v) is 1.17. The summed E-state index contributed by atoms with van der Waals surface area (Å²) in [5.41, 5.74) is 7.26. The van der Waals surface area contributed by atoms with Crippen LogP contribution in [0.3, 0.4) is 0 Å². The van der Waals surface area contributed by atoms with Crippen LogP contribution in [0.4, 0.5) is 0 Å². The van der Waals surface area contributed by atoms with Crippen molar-refractivity contribution in [3.63, 3.8) is 0 Å². The third-order valence-corrected chi connectivity index (χ3v) is 1.85. The number of nitrogens with zero attached hydrogens (tertiary/aromatic N) is 3. The molecule has 1 aromatic heterocycles. The predicted octanol–water partition coefficient (Wildman–Crippen LogP) is 0.997. The van der Waals surface area contributed by atoms with Crippen LogP contribution in [-0.4, -0.2) is 15.2 Å². The van der Waals surface area contributed by atoms with Gasteiger partial charge in [0.1, 0.15) is 0 Å². The van der Waals surface area contributed by atoms with Gasteiger partial charge in [0.25, 0.3) is 0 Å².